The van der Waals surface area contributed by atoms with Crippen LogP contribution in [0.4, 0.5) is 17.1 Å². The molecule has 0 saturated heterocycles. The molecule has 16 rings (SSSR count). The van der Waals surface area contributed by atoms with Crippen molar-refractivity contribution in [3.8, 4) is 22.3 Å². The Morgan fingerprint density at radius 3 is 1.46 bits per heavy atom. The van der Waals surface area contributed by atoms with Crippen LogP contribution in [0.1, 0.15) is 88.6 Å². The molecule has 4 bridgehead atoms. The first kappa shape index (κ1) is 40.6. The van der Waals surface area contributed by atoms with E-state index in [9.17, 15) is 0 Å². The minimum absolute atomic E-state index is 0.282. The maximum Gasteiger partial charge on any atom is 0.0714 e. The summed E-state index contributed by atoms with van der Waals surface area (Å²) in [5.74, 6) is 2.64. The van der Waals surface area contributed by atoms with Gasteiger partial charge in [0.05, 0.1) is 21.2 Å². The van der Waals surface area contributed by atoms with E-state index in [1.165, 1.54) is 121 Å². The zero-order chi connectivity index (χ0) is 46.0. The summed E-state index contributed by atoms with van der Waals surface area (Å²) in [5, 5.41) is 3.51. The minimum atomic E-state index is -0.524. The van der Waals surface area contributed by atoms with Gasteiger partial charge in [-0.25, -0.2) is 0 Å². The summed E-state index contributed by atoms with van der Waals surface area (Å²) >= 11 is 1.83. The van der Waals surface area contributed by atoms with E-state index < -0.39 is 10.8 Å². The molecule has 0 amide bonds. The maximum absolute atomic E-state index is 2.72. The van der Waals surface area contributed by atoms with E-state index in [0.29, 0.717) is 0 Å². The van der Waals surface area contributed by atoms with E-state index in [1.807, 2.05) is 11.3 Å². The summed E-state index contributed by atoms with van der Waals surface area (Å²) in [6, 6.07) is 86.1. The van der Waals surface area contributed by atoms with Gasteiger partial charge in [-0.1, -0.05) is 188 Å². The molecule has 0 spiro atoms. The van der Waals surface area contributed by atoms with Crippen LogP contribution in [0.15, 0.2) is 230 Å². The molecule has 4 fully saturated rings. The highest BCUT2D eigenvalue weighted by Gasteiger charge is 2.53. The van der Waals surface area contributed by atoms with Gasteiger partial charge in [0, 0.05) is 11.4 Å². The molecule has 0 aliphatic heterocycles. The molecule has 70 heavy (non-hydrogen) atoms. The van der Waals surface area contributed by atoms with Gasteiger partial charge in [-0.15, -0.1) is 11.3 Å². The molecule has 6 aliphatic rings. The molecule has 336 valence electrons. The molecule has 0 radical (unpaired) electrons. The van der Waals surface area contributed by atoms with Crippen LogP contribution in [0.5, 0.6) is 0 Å². The Labute approximate surface area is 415 Å². The summed E-state index contributed by atoms with van der Waals surface area (Å²) in [6.45, 7) is 0. The highest BCUT2D eigenvalue weighted by Crippen LogP contribution is 2.64. The second-order valence-corrected chi connectivity index (χ2v) is 22.3. The van der Waals surface area contributed by atoms with Crippen molar-refractivity contribution in [2.75, 3.05) is 4.90 Å². The van der Waals surface area contributed by atoms with Crippen molar-refractivity contribution in [1.29, 1.82) is 0 Å². The summed E-state index contributed by atoms with van der Waals surface area (Å²) in [7, 11) is 0. The van der Waals surface area contributed by atoms with Crippen molar-refractivity contribution in [3.05, 3.63) is 280 Å². The Bertz CT molecular complexity index is 3530. The zero-order valence-corrected chi connectivity index (χ0v) is 40.1. The lowest BCUT2D eigenvalue weighted by atomic mass is 9.48. The highest BCUT2D eigenvalue weighted by atomic mass is 32.1. The van der Waals surface area contributed by atoms with Gasteiger partial charge in [-0.3, -0.25) is 0 Å². The molecule has 1 heterocycles. The SMILES string of the molecule is c1ccc(C2(c3ccccc3)c3ccccc3-c3cc(N(c4ccc5c(c4)C(c4ccccc4)(c4ccccc4)c4cc(C67CC8CC(CC(C8)C6)C7)ccc4-5)c4cccc5ccsc45)ccc32)cc1. The fourth-order valence-electron chi connectivity index (χ4n) is 15.6. The third kappa shape index (κ3) is 5.66. The molecule has 0 N–H and O–H groups in total. The molecule has 1 nitrogen and oxygen atoms in total. The Morgan fingerprint density at radius 2 is 0.843 bits per heavy atom. The van der Waals surface area contributed by atoms with E-state index in [2.05, 4.69) is 235 Å². The fourth-order valence-corrected chi connectivity index (χ4v) is 16.5. The largest absolute Gasteiger partial charge is 0.309 e. The topological polar surface area (TPSA) is 3.24 Å². The molecule has 6 aliphatic carbocycles. The van der Waals surface area contributed by atoms with Crippen LogP contribution in [0, 0.1) is 17.8 Å². The smallest absolute Gasteiger partial charge is 0.0714 e. The normalized spacial score (nSPS) is 21.5. The van der Waals surface area contributed by atoms with Gasteiger partial charge in [-0.2, -0.15) is 0 Å². The molecular formula is C68H53NS. The first-order chi connectivity index (χ1) is 34.6. The van der Waals surface area contributed by atoms with Gasteiger partial charge in [0.2, 0.25) is 0 Å². The molecule has 1 aromatic heterocycles. The lowest BCUT2D eigenvalue weighted by Gasteiger charge is -2.57. The van der Waals surface area contributed by atoms with Gasteiger partial charge >= 0.3 is 0 Å². The third-order valence-corrected chi connectivity index (χ3v) is 18.8. The molecule has 0 unspecified atom stereocenters. The van der Waals surface area contributed by atoms with Gasteiger partial charge < -0.3 is 4.90 Å². The van der Waals surface area contributed by atoms with Crippen LogP contribution in [0.3, 0.4) is 0 Å². The second kappa shape index (κ2) is 15.4. The van der Waals surface area contributed by atoms with Gasteiger partial charge in [0.25, 0.3) is 0 Å². The van der Waals surface area contributed by atoms with E-state index >= 15 is 0 Å². The Kier molecular flexibility index (Phi) is 8.92. The zero-order valence-electron chi connectivity index (χ0n) is 39.3. The van der Waals surface area contributed by atoms with E-state index in [4.69, 9.17) is 0 Å². The van der Waals surface area contributed by atoms with Crippen molar-refractivity contribution in [1.82, 2.24) is 0 Å². The lowest BCUT2D eigenvalue weighted by Crippen LogP contribution is -2.48. The fraction of sp³-hybridized carbons (Fsp3) is 0.176. The maximum atomic E-state index is 2.72. The Morgan fingerprint density at radius 1 is 0.357 bits per heavy atom. The van der Waals surface area contributed by atoms with E-state index in [1.54, 1.807) is 5.56 Å². The average Bonchev–Trinajstić information content (AvgIpc) is 4.11. The monoisotopic (exact) mass is 915 g/mol. The molecule has 4 saturated carbocycles. The molecule has 10 aromatic rings. The van der Waals surface area contributed by atoms with Crippen LogP contribution in [-0.4, -0.2) is 0 Å². The molecule has 9 aromatic carbocycles. The quantitative estimate of drug-likeness (QED) is 0.147. The number of anilines is 3. The third-order valence-electron chi connectivity index (χ3n) is 17.8. The number of nitrogens with zero attached hydrogens (tertiary/aromatic N) is 1. The summed E-state index contributed by atoms with van der Waals surface area (Å²) in [5.41, 5.74) is 20.3. The predicted molar refractivity (Wildman–Crippen MR) is 291 cm³/mol. The number of fused-ring (bicyclic) bond motifs is 7. The van der Waals surface area contributed by atoms with Crippen molar-refractivity contribution < 1.29 is 0 Å². The van der Waals surface area contributed by atoms with Crippen LogP contribution < -0.4 is 4.90 Å². The minimum Gasteiger partial charge on any atom is -0.309 e. The first-order valence-corrected chi connectivity index (χ1v) is 26.5. The first-order valence-electron chi connectivity index (χ1n) is 25.6. The summed E-state index contributed by atoms with van der Waals surface area (Å²) in [4.78, 5) is 2.57. The van der Waals surface area contributed by atoms with Crippen LogP contribution >= 0.6 is 11.3 Å². The number of thiophene rings is 1. The highest BCUT2D eigenvalue weighted by molar-refractivity contribution is 7.17. The van der Waals surface area contributed by atoms with Crippen LogP contribution in [-0.2, 0) is 16.2 Å². The molecular weight excluding hydrogens is 863 g/mol. The average molecular weight is 916 g/mol. The van der Waals surface area contributed by atoms with Crippen molar-refractivity contribution in [3.63, 3.8) is 0 Å². The van der Waals surface area contributed by atoms with Crippen LogP contribution in [0.25, 0.3) is 32.3 Å². The Hall–Kier alpha value is -7.26. The van der Waals surface area contributed by atoms with Gasteiger partial charge in [0.15, 0.2) is 0 Å². The number of hydrogen-bond acceptors (Lipinski definition) is 2. The van der Waals surface area contributed by atoms with Gasteiger partial charge in [-0.05, 0) is 181 Å². The number of rotatable bonds is 8. The Balaban J connectivity index is 0.975. The predicted octanol–water partition coefficient (Wildman–Crippen LogP) is 17.6. The number of benzene rings is 9. The van der Waals surface area contributed by atoms with Crippen molar-refractivity contribution in [2.45, 2.75) is 54.8 Å². The summed E-state index contributed by atoms with van der Waals surface area (Å²) < 4.78 is 1.28. The summed E-state index contributed by atoms with van der Waals surface area (Å²) in [6.07, 6.45) is 8.40. The molecule has 2 heteroatoms. The molecule has 0 atom stereocenters. The van der Waals surface area contributed by atoms with Crippen LogP contribution in [0.2, 0.25) is 0 Å². The number of hydrogen-bond donors (Lipinski definition) is 0. The van der Waals surface area contributed by atoms with Crippen molar-refractivity contribution >= 4 is 38.5 Å². The standard InChI is InChI=1S/C68H53NS/c1-5-17-49(18-6-1)67(50-19-7-2-8-20-50)60-26-14-13-25-56(60)59-40-54(30-33-61(59)67)69(64-27-15-16-48-34-35-70-65(48)64)55-29-32-58-57-31-28-53(66-42-45-36-46(43-66)38-47(37-45)44-66)39-62(57)68(63(58)41-55,51-21-9-3-10-22-51)52-23-11-4-12-24-52/h1-35,39-41,45-47H,36-38,42-44H2. The lowest BCUT2D eigenvalue weighted by molar-refractivity contribution is -0.00522. The van der Waals surface area contributed by atoms with Gasteiger partial charge in [0.1, 0.15) is 0 Å². The van der Waals surface area contributed by atoms with E-state index in [-0.39, 0.29) is 5.41 Å². The van der Waals surface area contributed by atoms with E-state index in [0.717, 1.165) is 29.1 Å². The van der Waals surface area contributed by atoms with Crippen molar-refractivity contribution in [2.24, 2.45) is 17.8 Å². The second-order valence-electron chi connectivity index (χ2n) is 21.4.